The zero-order valence-electron chi connectivity index (χ0n) is 11.5. The average Bonchev–Trinajstić information content (AvgIpc) is 2.85. The zero-order valence-corrected chi connectivity index (χ0v) is 11.5. The monoisotopic (exact) mass is 259 g/mol. The van der Waals surface area contributed by atoms with Crippen molar-refractivity contribution in [2.75, 3.05) is 11.9 Å². The lowest BCUT2D eigenvalue weighted by atomic mass is 10.1. The molecule has 0 radical (unpaired) electrons. The summed E-state index contributed by atoms with van der Waals surface area (Å²) in [5, 5.41) is 17.2. The van der Waals surface area contributed by atoms with Crippen molar-refractivity contribution in [3.8, 4) is 0 Å². The molecule has 102 valence electrons. The van der Waals surface area contributed by atoms with E-state index >= 15 is 0 Å². The Kier molecular flexibility index (Phi) is 4.58. The van der Waals surface area contributed by atoms with Gasteiger partial charge in [0.05, 0.1) is 18.8 Å². The maximum Gasteiger partial charge on any atom is 0.0775 e. The standard InChI is InChI=1S/C15H21N3O/c1-3-7-18-10-13(9-16-18)15(11-19)17-14-6-4-5-12(2)8-14/h4-6,8-10,15,17,19H,3,7,11H2,1-2H3. The molecule has 0 fully saturated rings. The minimum absolute atomic E-state index is 0.0474. The third kappa shape index (κ3) is 3.58. The third-order valence-electron chi connectivity index (χ3n) is 3.05. The molecule has 1 heterocycles. The fourth-order valence-corrected chi connectivity index (χ4v) is 2.08. The maximum atomic E-state index is 9.55. The van der Waals surface area contributed by atoms with Crippen LogP contribution in [0.5, 0.6) is 0 Å². The van der Waals surface area contributed by atoms with E-state index in [1.165, 1.54) is 5.56 Å². The van der Waals surface area contributed by atoms with Crippen molar-refractivity contribution < 1.29 is 5.11 Å². The van der Waals surface area contributed by atoms with Gasteiger partial charge in [-0.05, 0) is 31.0 Å². The van der Waals surface area contributed by atoms with E-state index in [2.05, 4.69) is 36.4 Å². The molecule has 0 aliphatic rings. The van der Waals surface area contributed by atoms with Crippen molar-refractivity contribution in [1.29, 1.82) is 0 Å². The number of hydrogen-bond acceptors (Lipinski definition) is 3. The summed E-state index contributed by atoms with van der Waals surface area (Å²) < 4.78 is 1.91. The van der Waals surface area contributed by atoms with Crippen LogP contribution in [0, 0.1) is 6.92 Å². The molecule has 2 aromatic rings. The van der Waals surface area contributed by atoms with Gasteiger partial charge in [0.1, 0.15) is 0 Å². The second kappa shape index (κ2) is 6.38. The van der Waals surface area contributed by atoms with E-state index in [1.807, 2.05) is 29.2 Å². The van der Waals surface area contributed by atoms with Crippen LogP contribution < -0.4 is 5.32 Å². The van der Waals surface area contributed by atoms with Crippen molar-refractivity contribution in [1.82, 2.24) is 9.78 Å². The second-order valence-corrected chi connectivity index (χ2v) is 4.79. The van der Waals surface area contributed by atoms with Gasteiger partial charge in [-0.1, -0.05) is 19.1 Å². The quantitative estimate of drug-likeness (QED) is 0.838. The third-order valence-corrected chi connectivity index (χ3v) is 3.05. The molecule has 1 unspecified atom stereocenters. The van der Waals surface area contributed by atoms with Crippen LogP contribution in [0.2, 0.25) is 0 Å². The van der Waals surface area contributed by atoms with Crippen LogP contribution in [0.25, 0.3) is 0 Å². The van der Waals surface area contributed by atoms with Gasteiger partial charge in [0.25, 0.3) is 0 Å². The molecule has 0 saturated heterocycles. The summed E-state index contributed by atoms with van der Waals surface area (Å²) >= 11 is 0. The Morgan fingerprint density at radius 3 is 2.95 bits per heavy atom. The molecule has 0 aliphatic carbocycles. The Hall–Kier alpha value is -1.81. The number of aliphatic hydroxyl groups excluding tert-OH is 1. The maximum absolute atomic E-state index is 9.55. The lowest BCUT2D eigenvalue weighted by Crippen LogP contribution is -2.14. The van der Waals surface area contributed by atoms with E-state index in [9.17, 15) is 5.11 Å². The largest absolute Gasteiger partial charge is 0.394 e. The smallest absolute Gasteiger partial charge is 0.0775 e. The first kappa shape index (κ1) is 13.6. The zero-order chi connectivity index (χ0) is 13.7. The van der Waals surface area contributed by atoms with E-state index in [0.29, 0.717) is 0 Å². The van der Waals surface area contributed by atoms with Gasteiger partial charge < -0.3 is 10.4 Å². The Balaban J connectivity index is 2.10. The topological polar surface area (TPSA) is 50.1 Å². The summed E-state index contributed by atoms with van der Waals surface area (Å²) in [6, 6.07) is 8.02. The first-order valence-electron chi connectivity index (χ1n) is 6.69. The van der Waals surface area contributed by atoms with Crippen molar-refractivity contribution >= 4 is 5.69 Å². The molecule has 2 N–H and O–H groups in total. The lowest BCUT2D eigenvalue weighted by Gasteiger charge is -2.16. The lowest BCUT2D eigenvalue weighted by molar-refractivity contribution is 0.276. The summed E-state index contributed by atoms with van der Waals surface area (Å²) in [5.74, 6) is 0. The fraction of sp³-hybridized carbons (Fsp3) is 0.400. The Bertz CT molecular complexity index is 522. The SMILES string of the molecule is CCCn1cc(C(CO)Nc2cccc(C)c2)cn1. The highest BCUT2D eigenvalue weighted by molar-refractivity contribution is 5.47. The predicted molar refractivity (Wildman–Crippen MR) is 77.1 cm³/mol. The van der Waals surface area contributed by atoms with Gasteiger partial charge in [0.15, 0.2) is 0 Å². The summed E-state index contributed by atoms with van der Waals surface area (Å²) in [5.41, 5.74) is 3.23. The number of nitrogens with zero attached hydrogens (tertiary/aromatic N) is 2. The molecular weight excluding hydrogens is 238 g/mol. The van der Waals surface area contributed by atoms with Crippen LogP contribution in [0.4, 0.5) is 5.69 Å². The minimum Gasteiger partial charge on any atom is -0.394 e. The number of anilines is 1. The first-order chi connectivity index (χ1) is 9.22. The van der Waals surface area contributed by atoms with Crippen LogP contribution in [-0.2, 0) is 6.54 Å². The van der Waals surface area contributed by atoms with Crippen LogP contribution in [-0.4, -0.2) is 21.5 Å². The first-order valence-corrected chi connectivity index (χ1v) is 6.69. The van der Waals surface area contributed by atoms with Gasteiger partial charge in [0.2, 0.25) is 0 Å². The number of hydrogen-bond donors (Lipinski definition) is 2. The highest BCUT2D eigenvalue weighted by Crippen LogP contribution is 2.19. The highest BCUT2D eigenvalue weighted by atomic mass is 16.3. The number of aromatic nitrogens is 2. The molecule has 1 aromatic carbocycles. The number of rotatable bonds is 6. The molecule has 4 heteroatoms. The molecule has 1 aromatic heterocycles. The van der Waals surface area contributed by atoms with Crippen molar-refractivity contribution in [2.45, 2.75) is 32.9 Å². The molecule has 0 bridgehead atoms. The highest BCUT2D eigenvalue weighted by Gasteiger charge is 2.12. The Morgan fingerprint density at radius 2 is 2.26 bits per heavy atom. The van der Waals surface area contributed by atoms with Crippen LogP contribution in [0.1, 0.15) is 30.5 Å². The molecule has 4 nitrogen and oxygen atoms in total. The summed E-state index contributed by atoms with van der Waals surface area (Å²) in [6.45, 7) is 5.13. The van der Waals surface area contributed by atoms with Crippen LogP contribution in [0.3, 0.4) is 0 Å². The molecular formula is C15H21N3O. The van der Waals surface area contributed by atoms with Gasteiger partial charge in [-0.2, -0.15) is 5.10 Å². The van der Waals surface area contributed by atoms with Gasteiger partial charge >= 0.3 is 0 Å². The van der Waals surface area contributed by atoms with Gasteiger partial charge in [0, 0.05) is 24.0 Å². The Labute approximate surface area is 114 Å². The van der Waals surface area contributed by atoms with E-state index < -0.39 is 0 Å². The molecule has 0 amide bonds. The fourth-order valence-electron chi connectivity index (χ4n) is 2.08. The van der Waals surface area contributed by atoms with Gasteiger partial charge in [-0.25, -0.2) is 0 Å². The van der Waals surface area contributed by atoms with E-state index in [0.717, 1.165) is 24.2 Å². The number of aliphatic hydroxyl groups is 1. The summed E-state index contributed by atoms with van der Waals surface area (Å²) in [6.07, 6.45) is 4.86. The van der Waals surface area contributed by atoms with E-state index in [1.54, 1.807) is 0 Å². The number of nitrogens with one attached hydrogen (secondary N) is 1. The van der Waals surface area contributed by atoms with E-state index in [4.69, 9.17) is 0 Å². The Morgan fingerprint density at radius 1 is 1.42 bits per heavy atom. The molecule has 0 aliphatic heterocycles. The average molecular weight is 259 g/mol. The van der Waals surface area contributed by atoms with Crippen molar-refractivity contribution in [3.05, 3.63) is 47.8 Å². The molecule has 2 rings (SSSR count). The predicted octanol–water partition coefficient (Wildman–Crippen LogP) is 2.75. The molecule has 0 spiro atoms. The number of benzene rings is 1. The second-order valence-electron chi connectivity index (χ2n) is 4.79. The molecule has 1 atom stereocenters. The van der Waals surface area contributed by atoms with Gasteiger partial charge in [-0.3, -0.25) is 4.68 Å². The number of aryl methyl sites for hydroxylation is 2. The minimum atomic E-state index is -0.118. The van der Waals surface area contributed by atoms with Crippen molar-refractivity contribution in [2.24, 2.45) is 0 Å². The molecule has 0 saturated carbocycles. The van der Waals surface area contributed by atoms with Crippen LogP contribution >= 0.6 is 0 Å². The molecule has 19 heavy (non-hydrogen) atoms. The summed E-state index contributed by atoms with van der Waals surface area (Å²) in [7, 11) is 0. The van der Waals surface area contributed by atoms with Gasteiger partial charge in [-0.15, -0.1) is 0 Å². The van der Waals surface area contributed by atoms with Crippen LogP contribution in [0.15, 0.2) is 36.7 Å². The van der Waals surface area contributed by atoms with E-state index in [-0.39, 0.29) is 12.6 Å². The summed E-state index contributed by atoms with van der Waals surface area (Å²) in [4.78, 5) is 0. The normalized spacial score (nSPS) is 12.4. The van der Waals surface area contributed by atoms with Crippen molar-refractivity contribution in [3.63, 3.8) is 0 Å².